The fourth-order valence-corrected chi connectivity index (χ4v) is 3.50. The summed E-state index contributed by atoms with van der Waals surface area (Å²) in [6.45, 7) is 19.6. The molecule has 2 atom stereocenters. The Kier molecular flexibility index (Phi) is 25.8. The molecule has 0 spiro atoms. The van der Waals surface area contributed by atoms with Gasteiger partial charge in [-0.1, -0.05) is 47.5 Å². The Bertz CT molecular complexity index is 992. The third-order valence-corrected chi connectivity index (χ3v) is 5.48. The number of nitrogens with zero attached hydrogens (tertiary/aromatic N) is 3. The van der Waals surface area contributed by atoms with E-state index in [0.717, 1.165) is 50.2 Å². The van der Waals surface area contributed by atoms with E-state index < -0.39 is 5.67 Å². The summed E-state index contributed by atoms with van der Waals surface area (Å²) in [6, 6.07) is 1.49. The molecule has 2 unspecified atom stereocenters. The molecule has 1 aliphatic rings. The third kappa shape index (κ3) is 22.2. The second-order valence-corrected chi connectivity index (χ2v) is 10.2. The number of unbranched alkanes of at least 4 members (excludes halogenated alkanes) is 1. The van der Waals surface area contributed by atoms with Gasteiger partial charge in [-0.15, -0.1) is 12.8 Å². The summed E-state index contributed by atoms with van der Waals surface area (Å²) in [5.74, 6) is 1.52. The summed E-state index contributed by atoms with van der Waals surface area (Å²) >= 11 is 0. The van der Waals surface area contributed by atoms with Crippen LogP contribution >= 0.6 is 0 Å². The van der Waals surface area contributed by atoms with E-state index in [1.165, 1.54) is 4.68 Å². The van der Waals surface area contributed by atoms with Crippen LogP contribution in [0.1, 0.15) is 129 Å². The number of carbonyl (C=O) groups excluding carboxylic acids is 2. The number of aromatic amines is 1. The molecular formula is C32H58FN7O2. The molecule has 0 bridgehead atoms. The van der Waals surface area contributed by atoms with Crippen LogP contribution in [0, 0.1) is 31.1 Å². The van der Waals surface area contributed by atoms with Crippen molar-refractivity contribution >= 4 is 17.5 Å². The maximum absolute atomic E-state index is 13.6. The van der Waals surface area contributed by atoms with Crippen LogP contribution < -0.4 is 10.6 Å². The van der Waals surface area contributed by atoms with Crippen LogP contribution in [-0.2, 0) is 11.8 Å². The van der Waals surface area contributed by atoms with Gasteiger partial charge < -0.3 is 21.0 Å². The molecule has 9 nitrogen and oxygen atoms in total. The molecule has 240 valence electrons. The van der Waals surface area contributed by atoms with Crippen LogP contribution in [0.5, 0.6) is 0 Å². The van der Waals surface area contributed by atoms with Gasteiger partial charge in [-0.2, -0.15) is 5.10 Å². The number of H-pyrrole nitrogens is 1. The van der Waals surface area contributed by atoms with E-state index in [9.17, 15) is 14.0 Å². The van der Waals surface area contributed by atoms with Crippen molar-refractivity contribution in [2.75, 3.05) is 6.54 Å². The Balaban J connectivity index is -0.000000693. The van der Waals surface area contributed by atoms with Crippen LogP contribution in [0.4, 0.5) is 4.39 Å². The summed E-state index contributed by atoms with van der Waals surface area (Å²) in [4.78, 5) is 30.3. The van der Waals surface area contributed by atoms with E-state index in [4.69, 9.17) is 5.41 Å². The Morgan fingerprint density at radius 2 is 1.81 bits per heavy atom. The first-order chi connectivity index (χ1) is 19.8. The fourth-order valence-electron chi connectivity index (χ4n) is 3.50. The number of alkyl halides is 1. The van der Waals surface area contributed by atoms with E-state index >= 15 is 0 Å². The van der Waals surface area contributed by atoms with Gasteiger partial charge in [-0.3, -0.25) is 14.3 Å². The maximum atomic E-state index is 13.6. The van der Waals surface area contributed by atoms with Gasteiger partial charge >= 0.3 is 0 Å². The Morgan fingerprint density at radius 1 is 1.24 bits per heavy atom. The second kappa shape index (κ2) is 25.2. The Labute approximate surface area is 254 Å². The topological polar surface area (TPSA) is 129 Å². The molecule has 1 fully saturated rings. The lowest BCUT2D eigenvalue weighted by Crippen LogP contribution is -2.33. The molecule has 2 aromatic rings. The number of imidazole rings is 1. The highest BCUT2D eigenvalue weighted by molar-refractivity contribution is 5.92. The van der Waals surface area contributed by atoms with Crippen LogP contribution in [0.25, 0.3) is 0 Å². The lowest BCUT2D eigenvalue weighted by atomic mass is 9.99. The number of halogens is 1. The number of piperidine rings is 1. The van der Waals surface area contributed by atoms with Crippen molar-refractivity contribution < 1.29 is 14.0 Å². The van der Waals surface area contributed by atoms with Crippen LogP contribution in [0.3, 0.4) is 0 Å². The van der Waals surface area contributed by atoms with Gasteiger partial charge in [0.2, 0.25) is 5.91 Å². The van der Waals surface area contributed by atoms with Gasteiger partial charge in [0.05, 0.1) is 17.9 Å². The number of terminal acetylenes is 1. The average Bonchev–Trinajstić information content (AvgIpc) is 3.58. The Morgan fingerprint density at radius 3 is 2.19 bits per heavy atom. The lowest BCUT2D eigenvalue weighted by molar-refractivity contribution is -0.122. The van der Waals surface area contributed by atoms with E-state index in [1.54, 1.807) is 53.2 Å². The molecule has 2 aromatic heterocycles. The summed E-state index contributed by atoms with van der Waals surface area (Å²) in [5, 5.41) is 16.3. The van der Waals surface area contributed by atoms with E-state index in [0.29, 0.717) is 23.7 Å². The highest BCUT2D eigenvalue weighted by Crippen LogP contribution is 2.23. The van der Waals surface area contributed by atoms with Crippen molar-refractivity contribution in [3.63, 3.8) is 0 Å². The van der Waals surface area contributed by atoms with E-state index in [2.05, 4.69) is 45.5 Å². The number of nitrogens with one attached hydrogen (secondary N) is 4. The molecule has 1 saturated heterocycles. The van der Waals surface area contributed by atoms with E-state index in [1.807, 2.05) is 34.6 Å². The highest BCUT2D eigenvalue weighted by Gasteiger charge is 2.20. The molecule has 0 aromatic carbocycles. The molecule has 3 heterocycles. The van der Waals surface area contributed by atoms with Crippen molar-refractivity contribution in [3.05, 3.63) is 35.7 Å². The predicted octanol–water partition coefficient (Wildman–Crippen LogP) is 7.11. The molecule has 0 radical (unpaired) electrons. The SMILES string of the molecule is C#C.CC.CC.CC(C)=N.CC1CCC(=O)NC1.Cc1ncc(C(CCCCC(C)(C)F)NC(=O)c2ccnn2C)[nH]1. The number of aryl methyl sites for hydroxylation is 2. The minimum Gasteiger partial charge on any atom is -0.356 e. The van der Waals surface area contributed by atoms with Crippen molar-refractivity contribution in [2.24, 2.45) is 13.0 Å². The number of aromatic nitrogens is 4. The van der Waals surface area contributed by atoms with Crippen molar-refractivity contribution in [2.45, 2.75) is 119 Å². The van der Waals surface area contributed by atoms with Gasteiger partial charge in [0.1, 0.15) is 17.2 Å². The van der Waals surface area contributed by atoms with Crippen LogP contribution in [0.15, 0.2) is 18.5 Å². The molecule has 1 aliphatic heterocycles. The third-order valence-electron chi connectivity index (χ3n) is 5.48. The minimum absolute atomic E-state index is 0.182. The number of carbonyl (C=O) groups is 2. The normalized spacial score (nSPS) is 14.0. The van der Waals surface area contributed by atoms with Gasteiger partial charge in [-0.25, -0.2) is 9.37 Å². The van der Waals surface area contributed by atoms with Crippen LogP contribution in [0.2, 0.25) is 0 Å². The molecule has 0 saturated carbocycles. The lowest BCUT2D eigenvalue weighted by Gasteiger charge is -2.19. The number of hydrogen-bond acceptors (Lipinski definition) is 5. The average molecular weight is 592 g/mol. The minimum atomic E-state index is -1.15. The summed E-state index contributed by atoms with van der Waals surface area (Å²) < 4.78 is 15.1. The number of hydrogen-bond donors (Lipinski definition) is 4. The smallest absolute Gasteiger partial charge is 0.270 e. The standard InChI is InChI=1S/C17H26FN5O.C6H11NO.C3H7N.2C2H6.C2H2/c1-12-19-11-14(21-12)13(7-5-6-9-17(2,3)18)22-16(24)15-8-10-20-23(15)4;1-5-2-3-6(8)7-4-5;1-3(2)4;3*1-2/h8,10-11,13H,5-7,9H2,1-4H3,(H,19,21)(H,22,24);5H,2-4H2,1H3,(H,7,8);4H,1-2H3;2*1-2H3;1-2H. The Hall–Kier alpha value is -3.48. The van der Waals surface area contributed by atoms with Gasteiger partial charge in [0.25, 0.3) is 5.91 Å². The molecule has 4 N–H and O–H groups in total. The zero-order valence-corrected chi connectivity index (χ0v) is 28.0. The van der Waals surface area contributed by atoms with Gasteiger partial charge in [0.15, 0.2) is 0 Å². The quantitative estimate of drug-likeness (QED) is 0.148. The van der Waals surface area contributed by atoms with Crippen molar-refractivity contribution in [3.8, 4) is 12.8 Å². The molecule has 0 aliphatic carbocycles. The first-order valence-corrected chi connectivity index (χ1v) is 14.9. The highest BCUT2D eigenvalue weighted by atomic mass is 19.1. The second-order valence-electron chi connectivity index (χ2n) is 10.2. The molecule has 10 heteroatoms. The molecule has 3 rings (SSSR count). The van der Waals surface area contributed by atoms with E-state index in [-0.39, 0.29) is 17.9 Å². The van der Waals surface area contributed by atoms with Gasteiger partial charge in [0, 0.05) is 31.9 Å². The first-order valence-electron chi connectivity index (χ1n) is 14.9. The van der Waals surface area contributed by atoms with Gasteiger partial charge in [-0.05, 0) is 65.9 Å². The predicted molar refractivity (Wildman–Crippen MR) is 173 cm³/mol. The first kappa shape index (κ1) is 43.0. The zero-order valence-electron chi connectivity index (χ0n) is 28.0. The molecular weight excluding hydrogens is 533 g/mol. The molecule has 42 heavy (non-hydrogen) atoms. The van der Waals surface area contributed by atoms with Crippen molar-refractivity contribution in [1.82, 2.24) is 30.4 Å². The number of amides is 2. The monoisotopic (exact) mass is 591 g/mol. The van der Waals surface area contributed by atoms with Crippen LogP contribution in [-0.4, -0.2) is 49.5 Å². The largest absolute Gasteiger partial charge is 0.356 e. The summed E-state index contributed by atoms with van der Waals surface area (Å²) in [5.41, 5.74) is 0.876. The molecule has 2 amide bonds. The maximum Gasteiger partial charge on any atom is 0.270 e. The summed E-state index contributed by atoms with van der Waals surface area (Å²) in [6.07, 6.45) is 15.9. The fraction of sp³-hybridized carbons (Fsp3) is 0.656. The number of rotatable bonds is 8. The summed E-state index contributed by atoms with van der Waals surface area (Å²) in [7, 11) is 1.73. The zero-order chi connectivity index (χ0) is 33.3. The van der Waals surface area contributed by atoms with Crippen molar-refractivity contribution in [1.29, 1.82) is 5.41 Å².